The van der Waals surface area contributed by atoms with E-state index < -0.39 is 0 Å². The van der Waals surface area contributed by atoms with E-state index in [1.165, 1.54) is 12.1 Å². The number of nitrogens with zero attached hydrogens (tertiary/aromatic N) is 2. The minimum Gasteiger partial charge on any atom is -0.390 e. The second-order valence-corrected chi connectivity index (χ2v) is 4.39. The van der Waals surface area contributed by atoms with Crippen LogP contribution in [0.15, 0.2) is 4.73 Å². The Labute approximate surface area is 85.9 Å². The highest BCUT2D eigenvalue weighted by Crippen LogP contribution is 2.26. The van der Waals surface area contributed by atoms with E-state index >= 15 is 0 Å². The molecule has 0 amide bonds. The maximum atomic E-state index is 9.10. The zero-order valence-corrected chi connectivity index (χ0v) is 9.21. The van der Waals surface area contributed by atoms with Crippen LogP contribution in [0, 0.1) is 5.92 Å². The normalized spacial score (nSPS) is 21.6. The molecular formula is C9H13BrN2O. The highest BCUT2D eigenvalue weighted by Gasteiger charge is 2.21. The highest BCUT2D eigenvalue weighted by molar-refractivity contribution is 9.10. The Morgan fingerprint density at radius 2 is 2.46 bits per heavy atom. The van der Waals surface area contributed by atoms with Crippen LogP contribution in [0.25, 0.3) is 0 Å². The average molecular weight is 245 g/mol. The SMILES string of the molecule is CC1CCn2c(Br)nc(CO)c2C1. The molecule has 0 aromatic carbocycles. The monoisotopic (exact) mass is 244 g/mol. The van der Waals surface area contributed by atoms with E-state index in [1.807, 2.05) is 0 Å². The van der Waals surface area contributed by atoms with Crippen LogP contribution < -0.4 is 0 Å². The molecule has 0 saturated heterocycles. The first-order valence-electron chi connectivity index (χ1n) is 4.57. The Morgan fingerprint density at radius 3 is 3.15 bits per heavy atom. The number of hydrogen-bond donors (Lipinski definition) is 1. The Balaban J connectivity index is 2.43. The zero-order chi connectivity index (χ0) is 9.42. The summed E-state index contributed by atoms with van der Waals surface area (Å²) in [6.07, 6.45) is 2.24. The molecule has 1 N–H and O–H groups in total. The van der Waals surface area contributed by atoms with Gasteiger partial charge in [0.1, 0.15) is 0 Å². The van der Waals surface area contributed by atoms with Gasteiger partial charge in [-0.3, -0.25) is 0 Å². The minimum atomic E-state index is 0.0493. The third-order valence-corrected chi connectivity index (χ3v) is 3.25. The third-order valence-electron chi connectivity index (χ3n) is 2.65. The molecule has 0 fully saturated rings. The molecule has 0 radical (unpaired) electrons. The van der Waals surface area contributed by atoms with E-state index in [-0.39, 0.29) is 6.61 Å². The van der Waals surface area contributed by atoms with E-state index in [1.54, 1.807) is 0 Å². The number of imidazole rings is 1. The Bertz CT molecular complexity index is 322. The van der Waals surface area contributed by atoms with E-state index in [4.69, 9.17) is 5.11 Å². The molecular weight excluding hydrogens is 232 g/mol. The van der Waals surface area contributed by atoms with Crippen LogP contribution in [0.2, 0.25) is 0 Å². The summed E-state index contributed by atoms with van der Waals surface area (Å²) >= 11 is 3.40. The van der Waals surface area contributed by atoms with Crippen molar-refractivity contribution >= 4 is 15.9 Å². The summed E-state index contributed by atoms with van der Waals surface area (Å²) in [7, 11) is 0. The molecule has 1 aliphatic heterocycles. The van der Waals surface area contributed by atoms with Gasteiger partial charge in [0.25, 0.3) is 0 Å². The van der Waals surface area contributed by atoms with Crippen LogP contribution in [-0.2, 0) is 19.6 Å². The van der Waals surface area contributed by atoms with E-state index in [2.05, 4.69) is 32.4 Å². The van der Waals surface area contributed by atoms with Gasteiger partial charge < -0.3 is 9.67 Å². The van der Waals surface area contributed by atoms with E-state index in [0.717, 1.165) is 23.4 Å². The van der Waals surface area contributed by atoms with Gasteiger partial charge >= 0.3 is 0 Å². The van der Waals surface area contributed by atoms with Crippen molar-refractivity contribution in [1.82, 2.24) is 9.55 Å². The molecule has 0 saturated carbocycles. The van der Waals surface area contributed by atoms with Gasteiger partial charge in [0.05, 0.1) is 12.3 Å². The Hall–Kier alpha value is -0.350. The second-order valence-electron chi connectivity index (χ2n) is 3.68. The van der Waals surface area contributed by atoms with Gasteiger partial charge in [0.2, 0.25) is 0 Å². The van der Waals surface area contributed by atoms with Crippen LogP contribution in [0.5, 0.6) is 0 Å². The largest absolute Gasteiger partial charge is 0.390 e. The fourth-order valence-electron chi connectivity index (χ4n) is 1.87. The van der Waals surface area contributed by atoms with Crippen LogP contribution in [-0.4, -0.2) is 14.7 Å². The molecule has 2 rings (SSSR count). The molecule has 13 heavy (non-hydrogen) atoms. The van der Waals surface area contributed by atoms with Crippen molar-refractivity contribution in [2.75, 3.05) is 0 Å². The lowest BCUT2D eigenvalue weighted by molar-refractivity contribution is 0.273. The molecule has 1 aromatic heterocycles. The van der Waals surface area contributed by atoms with Gasteiger partial charge in [0.15, 0.2) is 4.73 Å². The summed E-state index contributed by atoms with van der Waals surface area (Å²) in [6, 6.07) is 0. The first-order valence-corrected chi connectivity index (χ1v) is 5.36. The lowest BCUT2D eigenvalue weighted by atomic mass is 9.97. The molecule has 4 heteroatoms. The molecule has 3 nitrogen and oxygen atoms in total. The first-order chi connectivity index (χ1) is 6.22. The summed E-state index contributed by atoms with van der Waals surface area (Å²) in [5.41, 5.74) is 2.03. The minimum absolute atomic E-state index is 0.0493. The number of aliphatic hydroxyl groups is 1. The van der Waals surface area contributed by atoms with Crippen molar-refractivity contribution in [2.45, 2.75) is 32.9 Å². The number of aromatic nitrogens is 2. The predicted octanol–water partition coefficient (Wildman–Crippen LogP) is 1.72. The fraction of sp³-hybridized carbons (Fsp3) is 0.667. The van der Waals surface area contributed by atoms with Crippen molar-refractivity contribution in [1.29, 1.82) is 0 Å². The number of fused-ring (bicyclic) bond motifs is 1. The van der Waals surface area contributed by atoms with E-state index in [9.17, 15) is 0 Å². The number of rotatable bonds is 1. The van der Waals surface area contributed by atoms with Crippen molar-refractivity contribution in [3.8, 4) is 0 Å². The van der Waals surface area contributed by atoms with Crippen LogP contribution in [0.3, 0.4) is 0 Å². The van der Waals surface area contributed by atoms with Crippen molar-refractivity contribution in [2.24, 2.45) is 5.92 Å². The smallest absolute Gasteiger partial charge is 0.177 e. The van der Waals surface area contributed by atoms with Gasteiger partial charge in [-0.1, -0.05) is 6.92 Å². The number of halogens is 1. The van der Waals surface area contributed by atoms with Gasteiger partial charge in [-0.2, -0.15) is 0 Å². The molecule has 2 heterocycles. The number of aliphatic hydroxyl groups excluding tert-OH is 1. The topological polar surface area (TPSA) is 38.0 Å². The first kappa shape index (κ1) is 9.21. The summed E-state index contributed by atoms with van der Waals surface area (Å²) in [5, 5.41) is 9.10. The molecule has 1 aromatic rings. The van der Waals surface area contributed by atoms with Crippen LogP contribution in [0.1, 0.15) is 24.7 Å². The van der Waals surface area contributed by atoms with Gasteiger partial charge in [-0.25, -0.2) is 4.98 Å². The number of hydrogen-bond acceptors (Lipinski definition) is 2. The summed E-state index contributed by atoms with van der Waals surface area (Å²) in [4.78, 5) is 4.27. The van der Waals surface area contributed by atoms with Crippen molar-refractivity contribution < 1.29 is 5.11 Å². The third kappa shape index (κ3) is 1.53. The van der Waals surface area contributed by atoms with Gasteiger partial charge in [-0.15, -0.1) is 0 Å². The standard InChI is InChI=1S/C9H13BrN2O/c1-6-2-3-12-8(4-6)7(5-13)11-9(12)10/h6,13H,2-5H2,1H3. The van der Waals surface area contributed by atoms with Crippen LogP contribution >= 0.6 is 15.9 Å². The molecule has 1 aliphatic rings. The fourth-order valence-corrected chi connectivity index (χ4v) is 2.47. The second kappa shape index (κ2) is 3.42. The molecule has 0 aliphatic carbocycles. The zero-order valence-electron chi connectivity index (χ0n) is 7.63. The lowest BCUT2D eigenvalue weighted by Gasteiger charge is -2.21. The molecule has 0 bridgehead atoms. The summed E-state index contributed by atoms with van der Waals surface area (Å²) in [6.45, 7) is 3.31. The van der Waals surface area contributed by atoms with Crippen molar-refractivity contribution in [3.05, 3.63) is 16.1 Å². The maximum Gasteiger partial charge on any atom is 0.177 e. The van der Waals surface area contributed by atoms with Gasteiger partial charge in [-0.05, 0) is 34.7 Å². The van der Waals surface area contributed by atoms with E-state index in [0.29, 0.717) is 5.92 Å². The summed E-state index contributed by atoms with van der Waals surface area (Å²) in [5.74, 6) is 0.710. The Morgan fingerprint density at radius 1 is 1.69 bits per heavy atom. The molecule has 0 spiro atoms. The highest BCUT2D eigenvalue weighted by atomic mass is 79.9. The maximum absolute atomic E-state index is 9.10. The lowest BCUT2D eigenvalue weighted by Crippen LogP contribution is -2.17. The van der Waals surface area contributed by atoms with Gasteiger partial charge in [0, 0.05) is 12.2 Å². The quantitative estimate of drug-likeness (QED) is 0.818. The summed E-state index contributed by atoms with van der Waals surface area (Å²) < 4.78 is 3.02. The Kier molecular flexibility index (Phi) is 2.43. The molecule has 72 valence electrons. The molecule has 1 unspecified atom stereocenters. The molecule has 1 atom stereocenters. The average Bonchev–Trinajstić information content (AvgIpc) is 2.42. The van der Waals surface area contributed by atoms with Crippen LogP contribution in [0.4, 0.5) is 0 Å². The van der Waals surface area contributed by atoms with Crippen molar-refractivity contribution in [3.63, 3.8) is 0 Å². The predicted molar refractivity (Wildman–Crippen MR) is 53.3 cm³/mol.